The number of benzene rings is 1. The summed E-state index contributed by atoms with van der Waals surface area (Å²) in [6.45, 7) is 6.29. The van der Waals surface area contributed by atoms with Gasteiger partial charge in [-0.3, -0.25) is 4.79 Å². The zero-order valence-electron chi connectivity index (χ0n) is 11.6. The molecule has 0 bridgehead atoms. The third kappa shape index (κ3) is 3.33. The van der Waals surface area contributed by atoms with E-state index < -0.39 is 0 Å². The molecule has 2 rings (SSSR count). The van der Waals surface area contributed by atoms with E-state index in [-0.39, 0.29) is 22.2 Å². The van der Waals surface area contributed by atoms with Crippen LogP contribution in [0.3, 0.4) is 0 Å². The normalized spacial score (nSPS) is 11.2. The van der Waals surface area contributed by atoms with Crippen molar-refractivity contribution in [2.75, 3.05) is 5.32 Å². The number of nitrogens with zero attached hydrogens (tertiary/aromatic N) is 2. The summed E-state index contributed by atoms with van der Waals surface area (Å²) in [7, 11) is 0. The zero-order chi connectivity index (χ0) is 14.8. The molecule has 2 aromatic rings. The average Bonchev–Trinajstić information content (AvgIpc) is 2.38. The number of aromatic nitrogens is 2. The monoisotopic (exact) mass is 289 g/mol. The second kappa shape index (κ2) is 5.59. The molecule has 0 aliphatic heterocycles. The van der Waals surface area contributed by atoms with Gasteiger partial charge in [0.1, 0.15) is 10.8 Å². The summed E-state index contributed by atoms with van der Waals surface area (Å²) in [5, 5.41) is 3.13. The topological polar surface area (TPSA) is 54.9 Å². The van der Waals surface area contributed by atoms with Crippen LogP contribution in [0.15, 0.2) is 36.7 Å². The third-order valence-electron chi connectivity index (χ3n) is 2.84. The van der Waals surface area contributed by atoms with Crippen LogP contribution in [0.5, 0.6) is 0 Å². The molecule has 0 saturated carbocycles. The number of nitrogens with one attached hydrogen (secondary N) is 1. The van der Waals surface area contributed by atoms with Gasteiger partial charge in [0.15, 0.2) is 0 Å². The lowest BCUT2D eigenvalue weighted by Gasteiger charge is -2.22. The first-order valence-corrected chi connectivity index (χ1v) is 6.64. The molecule has 1 aromatic carbocycles. The number of carbonyl (C=O) groups excluding carboxylic acids is 1. The average molecular weight is 290 g/mol. The number of carbonyl (C=O) groups is 1. The van der Waals surface area contributed by atoms with Crippen molar-refractivity contribution in [2.24, 2.45) is 0 Å². The molecule has 1 amide bonds. The van der Waals surface area contributed by atoms with Crippen molar-refractivity contribution in [1.29, 1.82) is 0 Å². The third-order valence-corrected chi connectivity index (χ3v) is 3.03. The summed E-state index contributed by atoms with van der Waals surface area (Å²) < 4.78 is 0. The minimum atomic E-state index is -0.300. The molecule has 5 heteroatoms. The van der Waals surface area contributed by atoms with Gasteiger partial charge in [0, 0.05) is 5.69 Å². The Labute approximate surface area is 123 Å². The highest BCUT2D eigenvalue weighted by atomic mass is 35.5. The summed E-state index contributed by atoms with van der Waals surface area (Å²) in [6, 6.07) is 7.72. The van der Waals surface area contributed by atoms with Gasteiger partial charge in [-0.05, 0) is 17.0 Å². The van der Waals surface area contributed by atoms with Crippen molar-refractivity contribution in [3.63, 3.8) is 0 Å². The maximum Gasteiger partial charge on any atom is 0.275 e. The van der Waals surface area contributed by atoms with Crippen molar-refractivity contribution in [3.05, 3.63) is 53.1 Å². The van der Waals surface area contributed by atoms with E-state index in [1.165, 1.54) is 12.4 Å². The van der Waals surface area contributed by atoms with Gasteiger partial charge in [0.2, 0.25) is 0 Å². The number of hydrogen-bond donors (Lipinski definition) is 1. The van der Waals surface area contributed by atoms with Crippen LogP contribution in [-0.2, 0) is 5.41 Å². The van der Waals surface area contributed by atoms with E-state index in [1.54, 1.807) is 0 Å². The number of halogens is 1. The van der Waals surface area contributed by atoms with E-state index in [0.717, 1.165) is 11.3 Å². The molecule has 1 aromatic heterocycles. The van der Waals surface area contributed by atoms with Gasteiger partial charge in [0.25, 0.3) is 5.91 Å². The summed E-state index contributed by atoms with van der Waals surface area (Å²) in [6.07, 6.45) is 2.71. The van der Waals surface area contributed by atoms with Gasteiger partial charge in [-0.15, -0.1) is 0 Å². The number of hydrogen-bond acceptors (Lipinski definition) is 3. The SMILES string of the molecule is CC(C)(C)c1ccccc1NC(=O)c1cnc(Cl)cn1. The van der Waals surface area contributed by atoms with Gasteiger partial charge >= 0.3 is 0 Å². The van der Waals surface area contributed by atoms with Crippen molar-refractivity contribution < 1.29 is 4.79 Å². The first kappa shape index (κ1) is 14.5. The largest absolute Gasteiger partial charge is 0.320 e. The molecule has 0 saturated heterocycles. The molecule has 104 valence electrons. The fourth-order valence-electron chi connectivity index (χ4n) is 1.86. The zero-order valence-corrected chi connectivity index (χ0v) is 12.4. The number of amides is 1. The predicted molar refractivity (Wildman–Crippen MR) is 80.1 cm³/mol. The molecule has 0 spiro atoms. The Bertz CT molecular complexity index is 618. The molecule has 1 heterocycles. The van der Waals surface area contributed by atoms with Crippen LogP contribution in [0.1, 0.15) is 36.8 Å². The Morgan fingerprint density at radius 2 is 1.85 bits per heavy atom. The first-order valence-electron chi connectivity index (χ1n) is 6.26. The van der Waals surface area contributed by atoms with Crippen LogP contribution in [0.25, 0.3) is 0 Å². The van der Waals surface area contributed by atoms with Crippen molar-refractivity contribution in [1.82, 2.24) is 9.97 Å². The van der Waals surface area contributed by atoms with Gasteiger partial charge in [-0.2, -0.15) is 0 Å². The Balaban J connectivity index is 2.26. The van der Waals surface area contributed by atoms with Gasteiger partial charge in [-0.1, -0.05) is 50.6 Å². The van der Waals surface area contributed by atoms with Crippen LogP contribution in [-0.4, -0.2) is 15.9 Å². The maximum atomic E-state index is 12.1. The quantitative estimate of drug-likeness (QED) is 0.917. The Hall–Kier alpha value is -1.94. The van der Waals surface area contributed by atoms with E-state index in [2.05, 4.69) is 36.1 Å². The molecule has 0 unspecified atom stereocenters. The molecule has 0 aliphatic carbocycles. The molecule has 1 N–H and O–H groups in total. The number of anilines is 1. The smallest absolute Gasteiger partial charge is 0.275 e. The summed E-state index contributed by atoms with van der Waals surface area (Å²) in [5.41, 5.74) is 2.02. The van der Waals surface area contributed by atoms with Crippen LogP contribution in [0.4, 0.5) is 5.69 Å². The first-order chi connectivity index (χ1) is 9.38. The summed E-state index contributed by atoms with van der Waals surface area (Å²) in [5.74, 6) is -0.300. The molecular formula is C15H16ClN3O. The molecule has 20 heavy (non-hydrogen) atoms. The lowest BCUT2D eigenvalue weighted by Crippen LogP contribution is -2.19. The molecule has 0 aliphatic rings. The molecule has 0 fully saturated rings. The van der Waals surface area contributed by atoms with Gasteiger partial charge in [-0.25, -0.2) is 9.97 Å². The summed E-state index contributed by atoms with van der Waals surface area (Å²) in [4.78, 5) is 20.0. The van der Waals surface area contributed by atoms with Crippen LogP contribution in [0, 0.1) is 0 Å². The number of rotatable bonds is 2. The molecule has 4 nitrogen and oxygen atoms in total. The van der Waals surface area contributed by atoms with Crippen molar-refractivity contribution in [2.45, 2.75) is 26.2 Å². The van der Waals surface area contributed by atoms with Crippen molar-refractivity contribution in [3.8, 4) is 0 Å². The Kier molecular flexibility index (Phi) is 4.04. The van der Waals surface area contributed by atoms with Crippen LogP contribution in [0.2, 0.25) is 5.15 Å². The fourth-order valence-corrected chi connectivity index (χ4v) is 1.96. The lowest BCUT2D eigenvalue weighted by molar-refractivity contribution is 0.102. The predicted octanol–water partition coefficient (Wildman–Crippen LogP) is 3.68. The van der Waals surface area contributed by atoms with E-state index in [9.17, 15) is 4.79 Å². The van der Waals surface area contributed by atoms with E-state index >= 15 is 0 Å². The second-order valence-corrected chi connectivity index (χ2v) is 5.86. The minimum Gasteiger partial charge on any atom is -0.320 e. The highest BCUT2D eigenvalue weighted by Gasteiger charge is 2.19. The maximum absolute atomic E-state index is 12.1. The molecule has 0 atom stereocenters. The number of para-hydroxylation sites is 1. The fraction of sp³-hybridized carbons (Fsp3) is 0.267. The highest BCUT2D eigenvalue weighted by Crippen LogP contribution is 2.29. The molecular weight excluding hydrogens is 274 g/mol. The van der Waals surface area contributed by atoms with Crippen LogP contribution >= 0.6 is 11.6 Å². The highest BCUT2D eigenvalue weighted by molar-refractivity contribution is 6.29. The Morgan fingerprint density at radius 3 is 2.45 bits per heavy atom. The van der Waals surface area contributed by atoms with Crippen LogP contribution < -0.4 is 5.32 Å². The molecule has 0 radical (unpaired) electrons. The van der Waals surface area contributed by atoms with E-state index in [4.69, 9.17) is 11.6 Å². The second-order valence-electron chi connectivity index (χ2n) is 5.47. The van der Waals surface area contributed by atoms with Gasteiger partial charge < -0.3 is 5.32 Å². The summed E-state index contributed by atoms with van der Waals surface area (Å²) >= 11 is 5.66. The standard InChI is InChI=1S/C15H16ClN3O/c1-15(2,3)10-6-4-5-7-11(10)19-14(20)12-8-18-13(16)9-17-12/h4-9H,1-3H3,(H,19,20). The van der Waals surface area contributed by atoms with Crippen molar-refractivity contribution >= 4 is 23.2 Å². The van der Waals surface area contributed by atoms with Gasteiger partial charge in [0.05, 0.1) is 12.4 Å². The lowest BCUT2D eigenvalue weighted by atomic mass is 9.86. The van der Waals surface area contributed by atoms with E-state index in [0.29, 0.717) is 0 Å². The van der Waals surface area contributed by atoms with E-state index in [1.807, 2.05) is 24.3 Å². The minimum absolute atomic E-state index is 0.0600. The Morgan fingerprint density at radius 1 is 1.15 bits per heavy atom.